The summed E-state index contributed by atoms with van der Waals surface area (Å²) in [6.07, 6.45) is -1.08. The van der Waals surface area contributed by atoms with Crippen LogP contribution in [0.3, 0.4) is 0 Å². The smallest absolute Gasteiger partial charge is 0.0938 e. The molecule has 1 fully saturated rings. The summed E-state index contributed by atoms with van der Waals surface area (Å²) in [4.78, 5) is 2.14. The molecule has 78 valence electrons. The largest absolute Gasteiger partial charge is 0.389 e. The average Bonchev–Trinajstić information content (AvgIpc) is 2.31. The Morgan fingerprint density at radius 2 is 1.62 bits per heavy atom. The molecule has 0 radical (unpaired) electrons. The number of rotatable bonds is 3. The van der Waals surface area contributed by atoms with Crippen molar-refractivity contribution in [2.45, 2.75) is 33.0 Å². The molecule has 2 N–H and O–H groups in total. The van der Waals surface area contributed by atoms with Crippen LogP contribution >= 0.6 is 0 Å². The molecular weight excluding hydrogens is 166 g/mol. The van der Waals surface area contributed by atoms with E-state index >= 15 is 0 Å². The lowest BCUT2D eigenvalue weighted by Gasteiger charge is -2.22. The molecule has 1 saturated heterocycles. The number of aliphatic hydroxyl groups is 2. The van der Waals surface area contributed by atoms with Gasteiger partial charge in [-0.1, -0.05) is 20.8 Å². The molecule has 1 rings (SSSR count). The second kappa shape index (κ2) is 4.40. The van der Waals surface area contributed by atoms with Crippen LogP contribution in [0.2, 0.25) is 0 Å². The Kier molecular flexibility index (Phi) is 3.71. The highest BCUT2D eigenvalue weighted by Gasteiger charge is 2.30. The minimum absolute atomic E-state index is 0.542. The first-order chi connectivity index (χ1) is 6.00. The maximum Gasteiger partial charge on any atom is 0.0938 e. The number of nitrogens with zero attached hydrogens (tertiary/aromatic N) is 1. The molecule has 0 spiro atoms. The topological polar surface area (TPSA) is 43.7 Å². The Bertz CT molecular complexity index is 151. The molecule has 13 heavy (non-hydrogen) atoms. The fraction of sp³-hybridized carbons (Fsp3) is 1.00. The zero-order chi connectivity index (χ0) is 10.0. The third kappa shape index (κ3) is 2.93. The lowest BCUT2D eigenvalue weighted by atomic mass is 9.98. The molecule has 0 aromatic rings. The van der Waals surface area contributed by atoms with E-state index < -0.39 is 12.2 Å². The van der Waals surface area contributed by atoms with Crippen LogP contribution in [0.25, 0.3) is 0 Å². The van der Waals surface area contributed by atoms with E-state index in [0.29, 0.717) is 24.9 Å². The lowest BCUT2D eigenvalue weighted by Crippen LogP contribution is -2.29. The molecule has 3 heteroatoms. The molecule has 0 aliphatic carbocycles. The number of hydrogen-bond donors (Lipinski definition) is 2. The first-order valence-electron chi connectivity index (χ1n) is 5.09. The van der Waals surface area contributed by atoms with Gasteiger partial charge in [0, 0.05) is 19.6 Å². The van der Waals surface area contributed by atoms with Crippen molar-refractivity contribution in [1.82, 2.24) is 4.90 Å². The van der Waals surface area contributed by atoms with Crippen molar-refractivity contribution in [2.24, 2.45) is 11.8 Å². The molecule has 0 aromatic carbocycles. The Morgan fingerprint density at radius 3 is 2.00 bits per heavy atom. The van der Waals surface area contributed by atoms with E-state index in [2.05, 4.69) is 25.7 Å². The third-order valence-electron chi connectivity index (χ3n) is 3.02. The number of aliphatic hydroxyl groups excluding tert-OH is 2. The van der Waals surface area contributed by atoms with Gasteiger partial charge in [0.15, 0.2) is 0 Å². The summed E-state index contributed by atoms with van der Waals surface area (Å²) in [6, 6.07) is 0. The van der Waals surface area contributed by atoms with Crippen molar-refractivity contribution in [3.8, 4) is 0 Å². The Hall–Kier alpha value is -0.120. The van der Waals surface area contributed by atoms with Crippen LogP contribution in [0.1, 0.15) is 20.8 Å². The summed E-state index contributed by atoms with van der Waals surface area (Å²) in [6.45, 7) is 8.84. The Balaban J connectivity index is 2.31. The SMILES string of the molecule is CC(C)[C@@H](C)CN1C[C@H](O)[C@@H](O)C1. The van der Waals surface area contributed by atoms with Crippen molar-refractivity contribution in [3.05, 3.63) is 0 Å². The van der Waals surface area contributed by atoms with Crippen molar-refractivity contribution in [2.75, 3.05) is 19.6 Å². The van der Waals surface area contributed by atoms with Crippen molar-refractivity contribution < 1.29 is 10.2 Å². The fourth-order valence-electron chi connectivity index (χ4n) is 1.61. The van der Waals surface area contributed by atoms with E-state index in [9.17, 15) is 10.2 Å². The molecule has 0 amide bonds. The van der Waals surface area contributed by atoms with E-state index in [4.69, 9.17) is 0 Å². The molecular formula is C10H21NO2. The molecule has 1 heterocycles. The van der Waals surface area contributed by atoms with Gasteiger partial charge in [-0.25, -0.2) is 0 Å². The highest BCUT2D eigenvalue weighted by molar-refractivity contribution is 4.84. The van der Waals surface area contributed by atoms with Gasteiger partial charge < -0.3 is 10.2 Å². The van der Waals surface area contributed by atoms with Crippen LogP contribution in [0.15, 0.2) is 0 Å². The maximum atomic E-state index is 9.33. The molecule has 1 aliphatic rings. The second-order valence-corrected chi connectivity index (χ2v) is 4.57. The van der Waals surface area contributed by atoms with Gasteiger partial charge >= 0.3 is 0 Å². The van der Waals surface area contributed by atoms with E-state index in [0.717, 1.165) is 6.54 Å². The molecule has 0 aromatic heterocycles. The van der Waals surface area contributed by atoms with E-state index in [-0.39, 0.29) is 0 Å². The number of hydrogen-bond acceptors (Lipinski definition) is 3. The third-order valence-corrected chi connectivity index (χ3v) is 3.02. The lowest BCUT2D eigenvalue weighted by molar-refractivity contribution is 0.0572. The monoisotopic (exact) mass is 187 g/mol. The van der Waals surface area contributed by atoms with Crippen LogP contribution in [0.5, 0.6) is 0 Å². The van der Waals surface area contributed by atoms with Crippen molar-refractivity contribution in [3.63, 3.8) is 0 Å². The zero-order valence-corrected chi connectivity index (χ0v) is 8.77. The van der Waals surface area contributed by atoms with Gasteiger partial charge in [0.2, 0.25) is 0 Å². The quantitative estimate of drug-likeness (QED) is 0.668. The summed E-state index contributed by atoms with van der Waals surface area (Å²) in [5.41, 5.74) is 0. The first kappa shape index (κ1) is 11.0. The summed E-state index contributed by atoms with van der Waals surface area (Å²) < 4.78 is 0. The van der Waals surface area contributed by atoms with Gasteiger partial charge in [0.05, 0.1) is 12.2 Å². The normalized spacial score (nSPS) is 32.8. The van der Waals surface area contributed by atoms with E-state index in [1.165, 1.54) is 0 Å². The second-order valence-electron chi connectivity index (χ2n) is 4.57. The summed E-state index contributed by atoms with van der Waals surface area (Å²) >= 11 is 0. The highest BCUT2D eigenvalue weighted by atomic mass is 16.3. The van der Waals surface area contributed by atoms with Gasteiger partial charge in [0.25, 0.3) is 0 Å². The Morgan fingerprint density at radius 1 is 1.15 bits per heavy atom. The van der Waals surface area contributed by atoms with Crippen LogP contribution < -0.4 is 0 Å². The summed E-state index contributed by atoms with van der Waals surface area (Å²) in [5.74, 6) is 1.28. The summed E-state index contributed by atoms with van der Waals surface area (Å²) in [5, 5.41) is 18.7. The number of likely N-dealkylation sites (tertiary alicyclic amines) is 1. The highest BCUT2D eigenvalue weighted by Crippen LogP contribution is 2.16. The molecule has 0 saturated carbocycles. The first-order valence-corrected chi connectivity index (χ1v) is 5.09. The summed E-state index contributed by atoms with van der Waals surface area (Å²) in [7, 11) is 0. The minimum atomic E-state index is -0.542. The Labute approximate surface area is 80.4 Å². The van der Waals surface area contributed by atoms with E-state index in [1.807, 2.05) is 0 Å². The minimum Gasteiger partial charge on any atom is -0.389 e. The van der Waals surface area contributed by atoms with Crippen molar-refractivity contribution in [1.29, 1.82) is 0 Å². The zero-order valence-electron chi connectivity index (χ0n) is 8.77. The standard InChI is InChI=1S/C10H21NO2/c1-7(2)8(3)4-11-5-9(12)10(13)6-11/h7-10,12-13H,4-6H2,1-3H3/t8-,9-,10-/m0/s1. The maximum absolute atomic E-state index is 9.33. The van der Waals surface area contributed by atoms with Gasteiger partial charge in [-0.3, -0.25) is 4.90 Å². The molecule has 3 nitrogen and oxygen atoms in total. The fourth-order valence-corrected chi connectivity index (χ4v) is 1.61. The van der Waals surface area contributed by atoms with Gasteiger partial charge in [0.1, 0.15) is 0 Å². The van der Waals surface area contributed by atoms with Crippen molar-refractivity contribution >= 4 is 0 Å². The van der Waals surface area contributed by atoms with Crippen LogP contribution in [0, 0.1) is 11.8 Å². The van der Waals surface area contributed by atoms with Crippen LogP contribution in [-0.2, 0) is 0 Å². The molecule has 1 aliphatic heterocycles. The molecule has 0 bridgehead atoms. The van der Waals surface area contributed by atoms with Gasteiger partial charge in [-0.2, -0.15) is 0 Å². The average molecular weight is 187 g/mol. The predicted octanol–water partition coefficient (Wildman–Crippen LogP) is 0.316. The number of β-amino-alcohol motifs (C(OH)–C–C–N with tert-alkyl or cyclic N) is 2. The van der Waals surface area contributed by atoms with Crippen LogP contribution in [-0.4, -0.2) is 47.0 Å². The predicted molar refractivity (Wildman–Crippen MR) is 52.5 cm³/mol. The van der Waals surface area contributed by atoms with E-state index in [1.54, 1.807) is 0 Å². The molecule has 0 unspecified atom stereocenters. The van der Waals surface area contributed by atoms with Gasteiger partial charge in [-0.15, -0.1) is 0 Å². The molecule has 3 atom stereocenters. The van der Waals surface area contributed by atoms with Gasteiger partial charge in [-0.05, 0) is 11.8 Å². The van der Waals surface area contributed by atoms with Crippen LogP contribution in [0.4, 0.5) is 0 Å².